The van der Waals surface area contributed by atoms with Crippen molar-refractivity contribution in [2.45, 2.75) is 6.42 Å². The number of carboxylic acid groups (broad SMARTS) is 1. The van der Waals surface area contributed by atoms with Crippen molar-refractivity contribution in [3.8, 4) is 0 Å². The maximum Gasteiger partial charge on any atom is 0.323 e. The molecule has 1 aromatic carbocycles. The van der Waals surface area contributed by atoms with E-state index in [1.54, 1.807) is 19.2 Å². The molecule has 0 radical (unpaired) electrons. The SMILES string of the molecule is CN(CC(=O)O)c1cc2c(cc1N)CC(=O)N2. The molecule has 0 saturated carbocycles. The molecule has 6 nitrogen and oxygen atoms in total. The van der Waals surface area contributed by atoms with E-state index in [1.165, 1.54) is 4.90 Å². The molecule has 17 heavy (non-hydrogen) atoms. The monoisotopic (exact) mass is 235 g/mol. The molecule has 1 amide bonds. The van der Waals surface area contributed by atoms with Crippen LogP contribution in [0.15, 0.2) is 12.1 Å². The number of hydrogen-bond donors (Lipinski definition) is 3. The molecular formula is C11H13N3O3. The molecular weight excluding hydrogens is 222 g/mol. The third kappa shape index (κ3) is 2.15. The number of rotatable bonds is 3. The molecule has 1 heterocycles. The van der Waals surface area contributed by atoms with Crippen molar-refractivity contribution in [3.05, 3.63) is 17.7 Å². The second-order valence-electron chi connectivity index (χ2n) is 4.04. The van der Waals surface area contributed by atoms with Crippen LogP contribution in [0.1, 0.15) is 5.56 Å². The Labute approximate surface area is 98.0 Å². The van der Waals surface area contributed by atoms with E-state index in [-0.39, 0.29) is 12.5 Å². The van der Waals surface area contributed by atoms with Gasteiger partial charge < -0.3 is 21.1 Å². The summed E-state index contributed by atoms with van der Waals surface area (Å²) in [5.41, 5.74) is 8.48. The van der Waals surface area contributed by atoms with Crippen LogP contribution in [0.4, 0.5) is 17.1 Å². The Balaban J connectivity index is 2.33. The van der Waals surface area contributed by atoms with Gasteiger partial charge in [0.25, 0.3) is 0 Å². The summed E-state index contributed by atoms with van der Waals surface area (Å²) in [6.07, 6.45) is 0.322. The summed E-state index contributed by atoms with van der Waals surface area (Å²) in [6.45, 7) is -0.142. The summed E-state index contributed by atoms with van der Waals surface area (Å²) >= 11 is 0. The van der Waals surface area contributed by atoms with Crippen molar-refractivity contribution in [3.63, 3.8) is 0 Å². The van der Waals surface area contributed by atoms with Crippen LogP contribution in [0.2, 0.25) is 0 Å². The number of benzene rings is 1. The number of carbonyl (C=O) groups is 2. The fourth-order valence-corrected chi connectivity index (χ4v) is 1.90. The predicted molar refractivity (Wildman–Crippen MR) is 64.1 cm³/mol. The fraction of sp³-hybridized carbons (Fsp3) is 0.273. The highest BCUT2D eigenvalue weighted by molar-refractivity contribution is 6.01. The van der Waals surface area contributed by atoms with Gasteiger partial charge in [-0.3, -0.25) is 9.59 Å². The van der Waals surface area contributed by atoms with E-state index in [1.807, 2.05) is 0 Å². The number of anilines is 3. The number of nitrogens with zero attached hydrogens (tertiary/aromatic N) is 1. The Hall–Kier alpha value is -2.24. The van der Waals surface area contributed by atoms with Gasteiger partial charge in [-0.25, -0.2) is 0 Å². The average molecular weight is 235 g/mol. The zero-order valence-corrected chi connectivity index (χ0v) is 9.36. The molecule has 0 saturated heterocycles. The van der Waals surface area contributed by atoms with Gasteiger partial charge in [-0.1, -0.05) is 0 Å². The fourth-order valence-electron chi connectivity index (χ4n) is 1.90. The second-order valence-corrected chi connectivity index (χ2v) is 4.04. The van der Waals surface area contributed by atoms with Crippen molar-refractivity contribution < 1.29 is 14.7 Å². The third-order valence-corrected chi connectivity index (χ3v) is 2.66. The van der Waals surface area contributed by atoms with Crippen LogP contribution in [-0.4, -0.2) is 30.6 Å². The van der Waals surface area contributed by atoms with Crippen LogP contribution in [0, 0.1) is 0 Å². The lowest BCUT2D eigenvalue weighted by molar-refractivity contribution is -0.135. The molecule has 1 aromatic rings. The van der Waals surface area contributed by atoms with E-state index in [0.717, 1.165) is 5.56 Å². The summed E-state index contributed by atoms with van der Waals surface area (Å²) in [6, 6.07) is 3.42. The Morgan fingerprint density at radius 1 is 1.59 bits per heavy atom. The highest BCUT2D eigenvalue weighted by atomic mass is 16.4. The number of likely N-dealkylation sites (N-methyl/N-ethyl adjacent to an activating group) is 1. The average Bonchev–Trinajstić information content (AvgIpc) is 2.54. The number of amides is 1. The predicted octanol–water partition coefficient (Wildman–Crippen LogP) is 0.284. The first-order valence-electron chi connectivity index (χ1n) is 5.12. The summed E-state index contributed by atoms with van der Waals surface area (Å²) in [7, 11) is 1.64. The third-order valence-electron chi connectivity index (χ3n) is 2.66. The Bertz CT molecular complexity index is 499. The van der Waals surface area contributed by atoms with Gasteiger partial charge in [0.2, 0.25) is 5.91 Å². The molecule has 2 rings (SSSR count). The van der Waals surface area contributed by atoms with E-state index >= 15 is 0 Å². The molecule has 1 aliphatic heterocycles. The van der Waals surface area contributed by atoms with Crippen molar-refractivity contribution in [2.75, 3.05) is 29.5 Å². The van der Waals surface area contributed by atoms with Crippen LogP contribution in [0.3, 0.4) is 0 Å². The van der Waals surface area contributed by atoms with Gasteiger partial charge in [0.1, 0.15) is 6.54 Å². The zero-order valence-electron chi connectivity index (χ0n) is 9.36. The number of hydrogen-bond acceptors (Lipinski definition) is 4. The van der Waals surface area contributed by atoms with Crippen LogP contribution >= 0.6 is 0 Å². The lowest BCUT2D eigenvalue weighted by Gasteiger charge is -2.19. The Kier molecular flexibility index (Phi) is 2.63. The van der Waals surface area contributed by atoms with E-state index in [9.17, 15) is 9.59 Å². The van der Waals surface area contributed by atoms with Crippen LogP contribution in [0.25, 0.3) is 0 Å². The molecule has 0 spiro atoms. The first-order valence-corrected chi connectivity index (χ1v) is 5.12. The van der Waals surface area contributed by atoms with E-state index < -0.39 is 5.97 Å². The maximum atomic E-state index is 11.2. The van der Waals surface area contributed by atoms with E-state index in [0.29, 0.717) is 23.5 Å². The number of aliphatic carboxylic acids is 1. The quantitative estimate of drug-likeness (QED) is 0.654. The standard InChI is InChI=1S/C11H13N3O3/c1-14(5-11(16)17)9-4-8-6(2-7(9)12)3-10(15)13-8/h2,4H,3,5,12H2,1H3,(H,13,15)(H,16,17). The van der Waals surface area contributed by atoms with Crippen molar-refractivity contribution >= 4 is 28.9 Å². The number of carboxylic acids is 1. The van der Waals surface area contributed by atoms with Crippen LogP contribution < -0.4 is 16.0 Å². The summed E-state index contributed by atoms with van der Waals surface area (Å²) in [4.78, 5) is 23.4. The number of fused-ring (bicyclic) bond motifs is 1. The van der Waals surface area contributed by atoms with Gasteiger partial charge in [0.15, 0.2) is 0 Å². The van der Waals surface area contributed by atoms with E-state index in [2.05, 4.69) is 5.32 Å². The highest BCUT2D eigenvalue weighted by Gasteiger charge is 2.20. The lowest BCUT2D eigenvalue weighted by atomic mass is 10.1. The van der Waals surface area contributed by atoms with Crippen molar-refractivity contribution in [1.82, 2.24) is 0 Å². The molecule has 0 fully saturated rings. The minimum Gasteiger partial charge on any atom is -0.480 e. The van der Waals surface area contributed by atoms with Crippen LogP contribution in [-0.2, 0) is 16.0 Å². The van der Waals surface area contributed by atoms with Gasteiger partial charge in [-0.15, -0.1) is 0 Å². The number of nitrogens with two attached hydrogens (primary N) is 1. The molecule has 0 aliphatic carbocycles. The topological polar surface area (TPSA) is 95.7 Å². The first kappa shape index (κ1) is 11.3. The lowest BCUT2D eigenvalue weighted by Crippen LogP contribution is -2.25. The minimum absolute atomic E-state index is 0.0718. The van der Waals surface area contributed by atoms with E-state index in [4.69, 9.17) is 10.8 Å². The number of carbonyl (C=O) groups excluding carboxylic acids is 1. The van der Waals surface area contributed by atoms with Gasteiger partial charge in [0.05, 0.1) is 17.8 Å². The van der Waals surface area contributed by atoms with Crippen molar-refractivity contribution in [1.29, 1.82) is 0 Å². The molecule has 4 N–H and O–H groups in total. The summed E-state index contributed by atoms with van der Waals surface area (Å²) < 4.78 is 0. The van der Waals surface area contributed by atoms with Crippen molar-refractivity contribution in [2.24, 2.45) is 0 Å². The highest BCUT2D eigenvalue weighted by Crippen LogP contribution is 2.33. The number of nitrogens with one attached hydrogen (secondary N) is 1. The number of nitrogen functional groups attached to an aromatic ring is 1. The van der Waals surface area contributed by atoms with Gasteiger partial charge in [-0.05, 0) is 17.7 Å². The Morgan fingerprint density at radius 3 is 2.94 bits per heavy atom. The minimum atomic E-state index is -0.934. The van der Waals surface area contributed by atoms with Gasteiger partial charge >= 0.3 is 5.97 Å². The van der Waals surface area contributed by atoms with Crippen LogP contribution in [0.5, 0.6) is 0 Å². The van der Waals surface area contributed by atoms with Gasteiger partial charge in [0, 0.05) is 12.7 Å². The molecule has 0 bridgehead atoms. The smallest absolute Gasteiger partial charge is 0.323 e. The molecule has 6 heteroatoms. The molecule has 0 unspecified atom stereocenters. The maximum absolute atomic E-state index is 11.2. The molecule has 90 valence electrons. The summed E-state index contributed by atoms with van der Waals surface area (Å²) in [5.74, 6) is -1.01. The molecule has 1 aliphatic rings. The Morgan fingerprint density at radius 2 is 2.29 bits per heavy atom. The van der Waals surface area contributed by atoms with Gasteiger partial charge in [-0.2, -0.15) is 0 Å². The normalized spacial score (nSPS) is 13.1. The zero-order chi connectivity index (χ0) is 12.6. The largest absolute Gasteiger partial charge is 0.480 e. The second kappa shape index (κ2) is 3.97. The molecule has 0 aromatic heterocycles. The first-order chi connectivity index (χ1) is 7.97. The summed E-state index contributed by atoms with van der Waals surface area (Å²) in [5, 5.41) is 11.4. The molecule has 0 atom stereocenters.